The second-order valence-corrected chi connectivity index (χ2v) is 12.6. The Kier molecular flexibility index (Phi) is 11.2. The first-order valence-corrected chi connectivity index (χ1v) is 15.7. The topological polar surface area (TPSA) is 96.0 Å². The second kappa shape index (κ2) is 14.4. The van der Waals surface area contributed by atoms with Gasteiger partial charge < -0.3 is 15.0 Å². The fraction of sp³-hybridized carbons (Fsp3) is 0.394. The van der Waals surface area contributed by atoms with Crippen molar-refractivity contribution in [2.45, 2.75) is 77.9 Å². The number of methoxy groups -OCH3 is 1. The van der Waals surface area contributed by atoms with E-state index in [1.54, 1.807) is 43.5 Å². The zero-order chi connectivity index (χ0) is 31.0. The molecule has 0 aliphatic carbocycles. The number of anilines is 1. The Morgan fingerprint density at radius 2 is 1.57 bits per heavy atom. The molecule has 0 unspecified atom stereocenters. The van der Waals surface area contributed by atoms with Crippen molar-refractivity contribution in [1.82, 2.24) is 10.2 Å². The van der Waals surface area contributed by atoms with Gasteiger partial charge in [-0.15, -0.1) is 0 Å². The molecule has 0 saturated carbocycles. The van der Waals surface area contributed by atoms with Crippen LogP contribution in [0.15, 0.2) is 71.6 Å². The second-order valence-electron chi connectivity index (χ2n) is 10.7. The molecule has 0 radical (unpaired) electrons. The van der Waals surface area contributed by atoms with E-state index in [1.807, 2.05) is 71.9 Å². The zero-order valence-electron chi connectivity index (χ0n) is 25.7. The number of rotatable bonds is 13. The van der Waals surface area contributed by atoms with Crippen molar-refractivity contribution in [2.24, 2.45) is 0 Å². The van der Waals surface area contributed by atoms with E-state index in [1.165, 1.54) is 4.90 Å². The lowest BCUT2D eigenvalue weighted by Crippen LogP contribution is -2.53. The van der Waals surface area contributed by atoms with Gasteiger partial charge in [0.15, 0.2) is 0 Å². The van der Waals surface area contributed by atoms with Gasteiger partial charge in [0.05, 0.1) is 17.7 Å². The number of benzene rings is 3. The van der Waals surface area contributed by atoms with E-state index in [4.69, 9.17) is 4.74 Å². The molecule has 0 heterocycles. The van der Waals surface area contributed by atoms with Crippen molar-refractivity contribution in [3.8, 4) is 5.75 Å². The van der Waals surface area contributed by atoms with Crippen LogP contribution in [-0.4, -0.2) is 50.9 Å². The van der Waals surface area contributed by atoms with Crippen LogP contribution in [0.5, 0.6) is 5.75 Å². The number of aryl methyl sites for hydroxylation is 3. The molecule has 0 aromatic heterocycles. The summed E-state index contributed by atoms with van der Waals surface area (Å²) in [7, 11) is -2.57. The molecule has 42 heavy (non-hydrogen) atoms. The van der Waals surface area contributed by atoms with E-state index in [-0.39, 0.29) is 23.4 Å². The Bertz CT molecular complexity index is 1490. The molecule has 0 spiro atoms. The van der Waals surface area contributed by atoms with Crippen molar-refractivity contribution in [2.75, 3.05) is 18.0 Å². The van der Waals surface area contributed by atoms with Gasteiger partial charge in [0.2, 0.25) is 11.8 Å². The summed E-state index contributed by atoms with van der Waals surface area (Å²) in [5.74, 6) is -0.141. The Hall–Kier alpha value is -3.85. The Morgan fingerprint density at radius 3 is 2.17 bits per heavy atom. The Balaban J connectivity index is 2.10. The van der Waals surface area contributed by atoms with Crippen LogP contribution in [0.2, 0.25) is 0 Å². The number of hydrogen-bond acceptors (Lipinski definition) is 5. The molecule has 0 aliphatic heterocycles. The van der Waals surface area contributed by atoms with Gasteiger partial charge in [-0.3, -0.25) is 13.9 Å². The first-order chi connectivity index (χ1) is 19.9. The van der Waals surface area contributed by atoms with Gasteiger partial charge in [-0.25, -0.2) is 8.42 Å². The van der Waals surface area contributed by atoms with Gasteiger partial charge in [-0.2, -0.15) is 0 Å². The highest BCUT2D eigenvalue weighted by molar-refractivity contribution is 7.92. The predicted molar refractivity (Wildman–Crippen MR) is 167 cm³/mol. The zero-order valence-corrected chi connectivity index (χ0v) is 26.5. The molecule has 1 N–H and O–H groups in total. The fourth-order valence-electron chi connectivity index (χ4n) is 4.76. The molecular weight excluding hydrogens is 550 g/mol. The monoisotopic (exact) mass is 593 g/mol. The number of ether oxygens (including phenoxy) is 1. The van der Waals surface area contributed by atoms with E-state index in [2.05, 4.69) is 5.32 Å². The number of carbonyl (C=O) groups is 2. The maximum Gasteiger partial charge on any atom is 0.264 e. The third-order valence-electron chi connectivity index (χ3n) is 7.38. The summed E-state index contributed by atoms with van der Waals surface area (Å²) in [6.07, 6.45) is 1.09. The summed E-state index contributed by atoms with van der Waals surface area (Å²) in [6, 6.07) is 18.4. The van der Waals surface area contributed by atoms with Gasteiger partial charge >= 0.3 is 0 Å². The molecule has 0 saturated heterocycles. The normalized spacial score (nSPS) is 12.7. The molecule has 0 aliphatic rings. The maximum absolute atomic E-state index is 14.3. The summed E-state index contributed by atoms with van der Waals surface area (Å²) >= 11 is 0. The van der Waals surface area contributed by atoms with E-state index in [0.717, 1.165) is 33.0 Å². The molecule has 226 valence electrons. The van der Waals surface area contributed by atoms with Gasteiger partial charge in [-0.1, -0.05) is 61.4 Å². The van der Waals surface area contributed by atoms with Crippen molar-refractivity contribution in [3.05, 3.63) is 89.0 Å². The lowest BCUT2D eigenvalue weighted by atomic mass is 10.1. The number of hydrogen-bond donors (Lipinski definition) is 1. The number of nitrogens with one attached hydrogen (secondary N) is 1. The van der Waals surface area contributed by atoms with Crippen LogP contribution >= 0.6 is 0 Å². The summed E-state index contributed by atoms with van der Waals surface area (Å²) in [5.41, 5.74) is 3.79. The van der Waals surface area contributed by atoms with Crippen LogP contribution < -0.4 is 14.4 Å². The highest BCUT2D eigenvalue weighted by Crippen LogP contribution is 2.29. The minimum absolute atomic E-state index is 0.0751. The van der Waals surface area contributed by atoms with E-state index < -0.39 is 28.5 Å². The van der Waals surface area contributed by atoms with Crippen LogP contribution in [0.25, 0.3) is 0 Å². The summed E-state index contributed by atoms with van der Waals surface area (Å²) in [5, 5.41) is 3.00. The average Bonchev–Trinajstić information content (AvgIpc) is 2.96. The predicted octanol–water partition coefficient (Wildman–Crippen LogP) is 5.54. The Labute approximate surface area is 250 Å². The summed E-state index contributed by atoms with van der Waals surface area (Å²) in [6.45, 7) is 11.0. The molecule has 3 rings (SSSR count). The molecular formula is C33H43N3O5S. The SMILES string of the molecule is CC[C@H](C)NC(=O)[C@H](CC)N(Cc1cccc(OC)c1)C(=O)CN(c1ccc(C)cc1C)S(=O)(=O)c1ccc(C)cc1. The molecule has 2 amide bonds. The minimum atomic E-state index is -4.13. The summed E-state index contributed by atoms with van der Waals surface area (Å²) in [4.78, 5) is 29.3. The number of nitrogens with zero attached hydrogens (tertiary/aromatic N) is 2. The largest absolute Gasteiger partial charge is 0.497 e. The molecule has 0 bridgehead atoms. The molecule has 9 heteroatoms. The first kappa shape index (κ1) is 32.7. The van der Waals surface area contributed by atoms with E-state index in [9.17, 15) is 18.0 Å². The van der Waals surface area contributed by atoms with Crippen molar-refractivity contribution >= 4 is 27.5 Å². The van der Waals surface area contributed by atoms with Gasteiger partial charge in [0, 0.05) is 12.6 Å². The van der Waals surface area contributed by atoms with Crippen LogP contribution in [0.4, 0.5) is 5.69 Å². The molecule has 2 atom stereocenters. The van der Waals surface area contributed by atoms with Crippen molar-refractivity contribution < 1.29 is 22.7 Å². The smallest absolute Gasteiger partial charge is 0.264 e. The van der Waals surface area contributed by atoms with Crippen molar-refractivity contribution in [1.29, 1.82) is 0 Å². The number of sulfonamides is 1. The lowest BCUT2D eigenvalue weighted by Gasteiger charge is -2.34. The molecule has 0 fully saturated rings. The third-order valence-corrected chi connectivity index (χ3v) is 9.16. The summed E-state index contributed by atoms with van der Waals surface area (Å²) < 4.78 is 34.7. The molecule has 3 aromatic carbocycles. The number of carbonyl (C=O) groups excluding carboxylic acids is 2. The van der Waals surface area contributed by atoms with Crippen LogP contribution in [-0.2, 0) is 26.2 Å². The highest BCUT2D eigenvalue weighted by Gasteiger charge is 2.34. The minimum Gasteiger partial charge on any atom is -0.497 e. The van der Waals surface area contributed by atoms with Gasteiger partial charge in [-0.05, 0) is 82.0 Å². The molecule has 8 nitrogen and oxygen atoms in total. The van der Waals surface area contributed by atoms with Crippen LogP contribution in [0.1, 0.15) is 55.9 Å². The number of amides is 2. The maximum atomic E-state index is 14.3. The standard InChI is InChI=1S/C33H43N3O5S/c1-8-26(6)34-33(38)30(9-2)35(21-27-11-10-12-28(20-27)41-7)32(37)22-36(31-18-15-24(4)19-25(31)5)42(39,40)29-16-13-23(3)14-17-29/h10-20,26,30H,8-9,21-22H2,1-7H3,(H,34,38)/t26-,30-/m0/s1. The Morgan fingerprint density at radius 1 is 0.905 bits per heavy atom. The van der Waals surface area contributed by atoms with E-state index in [0.29, 0.717) is 17.9 Å². The van der Waals surface area contributed by atoms with Crippen molar-refractivity contribution in [3.63, 3.8) is 0 Å². The van der Waals surface area contributed by atoms with Gasteiger partial charge in [0.1, 0.15) is 18.3 Å². The third kappa shape index (κ3) is 7.91. The lowest BCUT2D eigenvalue weighted by molar-refractivity contribution is -0.140. The fourth-order valence-corrected chi connectivity index (χ4v) is 6.24. The molecule has 3 aromatic rings. The van der Waals surface area contributed by atoms with Gasteiger partial charge in [0.25, 0.3) is 10.0 Å². The average molecular weight is 594 g/mol. The quantitative estimate of drug-likeness (QED) is 0.281. The first-order valence-electron chi connectivity index (χ1n) is 14.3. The van der Waals surface area contributed by atoms with E-state index >= 15 is 0 Å². The van der Waals surface area contributed by atoms with Crippen LogP contribution in [0.3, 0.4) is 0 Å². The highest BCUT2D eigenvalue weighted by atomic mass is 32.2. The van der Waals surface area contributed by atoms with Crippen LogP contribution in [0, 0.1) is 20.8 Å².